The first-order valence-corrected chi connectivity index (χ1v) is 6.76. The van der Waals surface area contributed by atoms with Crippen LogP contribution < -0.4 is 0 Å². The van der Waals surface area contributed by atoms with Gasteiger partial charge >= 0.3 is 12.0 Å². The number of hydrogen-bond donors (Lipinski definition) is 1. The molecule has 21 heavy (non-hydrogen) atoms. The van der Waals surface area contributed by atoms with Gasteiger partial charge in [0.05, 0.1) is 31.9 Å². The lowest BCUT2D eigenvalue weighted by molar-refractivity contribution is -0.141. The van der Waals surface area contributed by atoms with Crippen molar-refractivity contribution in [2.24, 2.45) is 7.05 Å². The summed E-state index contributed by atoms with van der Waals surface area (Å²) in [7, 11) is 3.54. The second kappa shape index (κ2) is 6.57. The van der Waals surface area contributed by atoms with E-state index >= 15 is 0 Å². The maximum atomic E-state index is 12.4. The molecule has 1 unspecified atom stereocenters. The second-order valence-corrected chi connectivity index (χ2v) is 5.20. The van der Waals surface area contributed by atoms with E-state index in [-0.39, 0.29) is 12.5 Å². The molecular weight excluding hydrogens is 276 g/mol. The summed E-state index contributed by atoms with van der Waals surface area (Å²) in [5.41, 5.74) is 0.948. The van der Waals surface area contributed by atoms with Crippen LogP contribution in [0.1, 0.15) is 12.0 Å². The van der Waals surface area contributed by atoms with Gasteiger partial charge in [-0.05, 0) is 0 Å². The van der Waals surface area contributed by atoms with Crippen molar-refractivity contribution in [1.82, 2.24) is 19.6 Å². The Labute approximate surface area is 122 Å². The molecule has 8 nitrogen and oxygen atoms in total. The van der Waals surface area contributed by atoms with Gasteiger partial charge in [-0.25, -0.2) is 4.79 Å². The standard InChI is InChI=1S/C13H20N4O4/c1-15(7-10-6-14-16(2)8-10)13(20)17-3-4-21-11(9-17)5-12(18)19/h6,8,11H,3-5,7,9H2,1-2H3,(H,18,19). The van der Waals surface area contributed by atoms with Crippen LogP contribution in [0, 0.1) is 0 Å². The van der Waals surface area contributed by atoms with E-state index < -0.39 is 12.1 Å². The number of nitrogens with zero attached hydrogens (tertiary/aromatic N) is 4. The minimum Gasteiger partial charge on any atom is -0.481 e. The molecule has 2 amide bonds. The molecule has 0 saturated carbocycles. The van der Waals surface area contributed by atoms with Crippen LogP contribution in [0.15, 0.2) is 12.4 Å². The summed E-state index contributed by atoms with van der Waals surface area (Å²) >= 11 is 0. The highest BCUT2D eigenvalue weighted by Crippen LogP contribution is 2.12. The molecule has 0 radical (unpaired) electrons. The molecule has 1 aliphatic rings. The number of morpholine rings is 1. The first-order chi connectivity index (χ1) is 9.95. The minimum absolute atomic E-state index is 0.0872. The number of carbonyl (C=O) groups excluding carboxylic acids is 1. The molecule has 0 bridgehead atoms. The molecular formula is C13H20N4O4. The maximum absolute atomic E-state index is 12.4. The lowest BCUT2D eigenvalue weighted by atomic mass is 10.2. The number of carboxylic acids is 1. The molecule has 0 aliphatic carbocycles. The molecule has 1 atom stereocenters. The van der Waals surface area contributed by atoms with Crippen molar-refractivity contribution < 1.29 is 19.4 Å². The number of aliphatic carboxylic acids is 1. The Bertz CT molecular complexity index is 516. The second-order valence-electron chi connectivity index (χ2n) is 5.20. The summed E-state index contributed by atoms with van der Waals surface area (Å²) in [5.74, 6) is -0.919. The third-order valence-electron chi connectivity index (χ3n) is 3.32. The fourth-order valence-electron chi connectivity index (χ4n) is 2.35. The number of carbonyl (C=O) groups is 2. The quantitative estimate of drug-likeness (QED) is 0.854. The molecule has 1 saturated heterocycles. The molecule has 1 N–H and O–H groups in total. The Kier molecular flexibility index (Phi) is 4.79. The largest absolute Gasteiger partial charge is 0.481 e. The minimum atomic E-state index is -0.919. The average molecular weight is 296 g/mol. The number of aromatic nitrogens is 2. The smallest absolute Gasteiger partial charge is 0.320 e. The molecule has 0 aromatic carbocycles. The number of ether oxygens (including phenoxy) is 1. The van der Waals surface area contributed by atoms with E-state index in [0.717, 1.165) is 5.56 Å². The van der Waals surface area contributed by atoms with Crippen LogP contribution in [0.2, 0.25) is 0 Å². The summed E-state index contributed by atoms with van der Waals surface area (Å²) in [6, 6.07) is -0.127. The molecule has 1 fully saturated rings. The van der Waals surface area contributed by atoms with Crippen molar-refractivity contribution in [3.8, 4) is 0 Å². The van der Waals surface area contributed by atoms with E-state index in [1.807, 2.05) is 13.2 Å². The van der Waals surface area contributed by atoms with Gasteiger partial charge in [0.2, 0.25) is 0 Å². The normalized spacial score (nSPS) is 18.6. The molecule has 8 heteroatoms. The Hall–Kier alpha value is -2.09. The summed E-state index contributed by atoms with van der Waals surface area (Å²) in [5, 5.41) is 12.9. The van der Waals surface area contributed by atoms with Gasteiger partial charge in [-0.3, -0.25) is 9.48 Å². The van der Waals surface area contributed by atoms with Crippen LogP contribution in [0.4, 0.5) is 4.79 Å². The molecule has 1 aromatic heterocycles. The zero-order valence-electron chi connectivity index (χ0n) is 12.2. The van der Waals surface area contributed by atoms with E-state index in [9.17, 15) is 9.59 Å². The van der Waals surface area contributed by atoms with Crippen LogP contribution >= 0.6 is 0 Å². The van der Waals surface area contributed by atoms with Gasteiger partial charge in [-0.15, -0.1) is 0 Å². The zero-order chi connectivity index (χ0) is 15.4. The highest BCUT2D eigenvalue weighted by Gasteiger charge is 2.27. The van der Waals surface area contributed by atoms with Crippen molar-refractivity contribution in [1.29, 1.82) is 0 Å². The maximum Gasteiger partial charge on any atom is 0.320 e. The average Bonchev–Trinajstić information content (AvgIpc) is 2.82. The van der Waals surface area contributed by atoms with Crippen molar-refractivity contribution >= 4 is 12.0 Å². The van der Waals surface area contributed by atoms with Gasteiger partial charge < -0.3 is 19.6 Å². The number of hydrogen-bond acceptors (Lipinski definition) is 4. The Morgan fingerprint density at radius 1 is 1.57 bits per heavy atom. The summed E-state index contributed by atoms with van der Waals surface area (Å²) in [6.07, 6.45) is 3.05. The van der Waals surface area contributed by atoms with Crippen LogP contribution in [-0.4, -0.2) is 69.5 Å². The van der Waals surface area contributed by atoms with Crippen molar-refractivity contribution in [2.75, 3.05) is 26.7 Å². The van der Waals surface area contributed by atoms with Crippen molar-refractivity contribution in [2.45, 2.75) is 19.1 Å². The molecule has 2 rings (SSSR count). The Morgan fingerprint density at radius 3 is 2.95 bits per heavy atom. The predicted octanol–water partition coefficient (Wildman–Crippen LogP) is 0.147. The van der Waals surface area contributed by atoms with Crippen LogP contribution in [0.3, 0.4) is 0 Å². The lowest BCUT2D eigenvalue weighted by Crippen LogP contribution is -2.50. The first kappa shape index (κ1) is 15.3. The Morgan fingerprint density at radius 2 is 2.33 bits per heavy atom. The summed E-state index contributed by atoms with van der Waals surface area (Å²) in [6.45, 7) is 1.62. The van der Waals surface area contributed by atoms with Gasteiger partial charge in [0, 0.05) is 38.9 Å². The zero-order valence-corrected chi connectivity index (χ0v) is 12.2. The van der Waals surface area contributed by atoms with Crippen molar-refractivity contribution in [3.05, 3.63) is 18.0 Å². The van der Waals surface area contributed by atoms with E-state index in [0.29, 0.717) is 26.2 Å². The summed E-state index contributed by atoms with van der Waals surface area (Å²) in [4.78, 5) is 26.3. The van der Waals surface area contributed by atoms with Gasteiger partial charge in [0.1, 0.15) is 0 Å². The number of urea groups is 1. The topological polar surface area (TPSA) is 87.9 Å². The van der Waals surface area contributed by atoms with E-state index in [1.54, 1.807) is 27.7 Å². The molecule has 1 aromatic rings. The van der Waals surface area contributed by atoms with Crippen LogP contribution in [-0.2, 0) is 23.1 Å². The third-order valence-corrected chi connectivity index (χ3v) is 3.32. The number of rotatable bonds is 4. The van der Waals surface area contributed by atoms with Gasteiger partial charge in [-0.1, -0.05) is 0 Å². The van der Waals surface area contributed by atoms with E-state index in [2.05, 4.69) is 5.10 Å². The highest BCUT2D eigenvalue weighted by molar-refractivity contribution is 5.74. The molecule has 1 aliphatic heterocycles. The number of aryl methyl sites for hydroxylation is 1. The number of amides is 2. The van der Waals surface area contributed by atoms with E-state index in [4.69, 9.17) is 9.84 Å². The lowest BCUT2D eigenvalue weighted by Gasteiger charge is -2.34. The van der Waals surface area contributed by atoms with Crippen molar-refractivity contribution in [3.63, 3.8) is 0 Å². The highest BCUT2D eigenvalue weighted by atomic mass is 16.5. The monoisotopic (exact) mass is 296 g/mol. The van der Waals surface area contributed by atoms with Crippen LogP contribution in [0.5, 0.6) is 0 Å². The Balaban J connectivity index is 1.90. The fraction of sp³-hybridized carbons (Fsp3) is 0.615. The molecule has 0 spiro atoms. The van der Waals surface area contributed by atoms with Gasteiger partial charge in [0.25, 0.3) is 0 Å². The molecule has 116 valence electrons. The fourth-order valence-corrected chi connectivity index (χ4v) is 2.35. The molecule has 2 heterocycles. The first-order valence-electron chi connectivity index (χ1n) is 6.76. The number of carboxylic acid groups (broad SMARTS) is 1. The SMILES string of the molecule is CN(Cc1cnn(C)c1)C(=O)N1CCOC(CC(=O)O)C1. The van der Waals surface area contributed by atoms with E-state index in [1.165, 1.54) is 0 Å². The van der Waals surface area contributed by atoms with Gasteiger partial charge in [0.15, 0.2) is 0 Å². The predicted molar refractivity (Wildman–Crippen MR) is 73.6 cm³/mol. The van der Waals surface area contributed by atoms with Crippen LogP contribution in [0.25, 0.3) is 0 Å². The van der Waals surface area contributed by atoms with Gasteiger partial charge in [-0.2, -0.15) is 5.10 Å². The summed E-state index contributed by atoms with van der Waals surface area (Å²) < 4.78 is 7.05. The third kappa shape index (κ3) is 4.19.